The van der Waals surface area contributed by atoms with Crippen molar-refractivity contribution in [2.24, 2.45) is 5.11 Å². The van der Waals surface area contributed by atoms with Crippen LogP contribution in [0, 0.1) is 0 Å². The summed E-state index contributed by atoms with van der Waals surface area (Å²) in [5, 5.41) is 1.87. The Hall–Kier alpha value is -2.06. The van der Waals surface area contributed by atoms with E-state index in [1.165, 1.54) is 12.1 Å². The molecule has 110 valence electrons. The van der Waals surface area contributed by atoms with Gasteiger partial charge in [-0.1, -0.05) is 28.1 Å². The normalized spacial score (nSPS) is 12.0. The molecule has 0 radical (unpaired) electrons. The number of halogens is 5. The van der Waals surface area contributed by atoms with Crippen LogP contribution in [-0.2, 0) is 6.05 Å². The molecule has 0 fully saturated rings. The minimum Gasteiger partial charge on any atom is -0.266 e. The molecule has 1 aromatic heterocycles. The molecule has 0 unspecified atom stereocenters. The summed E-state index contributed by atoms with van der Waals surface area (Å²) in [7, 11) is 0. The lowest BCUT2D eigenvalue weighted by Gasteiger charge is -2.24. The Kier molecular flexibility index (Phi) is 3.93. The molecule has 0 aliphatic heterocycles. The Labute approximate surface area is 124 Å². The average Bonchev–Trinajstić information content (AvgIpc) is 2.89. The van der Waals surface area contributed by atoms with Crippen LogP contribution in [0.5, 0.6) is 0 Å². The zero-order valence-corrected chi connectivity index (χ0v) is 11.7. The summed E-state index contributed by atoms with van der Waals surface area (Å²) in [5.41, 5.74) is 8.20. The van der Waals surface area contributed by atoms with Crippen molar-refractivity contribution in [3.8, 4) is 11.4 Å². The van der Waals surface area contributed by atoms with E-state index in [9.17, 15) is 17.6 Å². The molecular formula is C11H6BrF4N5. The molecule has 0 aliphatic carbocycles. The van der Waals surface area contributed by atoms with E-state index in [2.05, 4.69) is 20.9 Å². The molecule has 1 aromatic carbocycles. The number of rotatable bonds is 4. The van der Waals surface area contributed by atoms with Crippen molar-refractivity contribution in [3.63, 3.8) is 0 Å². The van der Waals surface area contributed by atoms with Crippen molar-refractivity contribution in [2.45, 2.75) is 12.1 Å². The lowest BCUT2D eigenvalue weighted by Crippen LogP contribution is -2.41. The Balaban J connectivity index is 2.54. The Morgan fingerprint density at radius 3 is 2.38 bits per heavy atom. The van der Waals surface area contributed by atoms with Crippen LogP contribution in [0.1, 0.15) is 0 Å². The highest BCUT2D eigenvalue weighted by molar-refractivity contribution is 9.10. The summed E-state index contributed by atoms with van der Waals surface area (Å²) in [6, 6.07) is -3.70. The van der Waals surface area contributed by atoms with Gasteiger partial charge in [-0.3, -0.25) is 4.57 Å². The van der Waals surface area contributed by atoms with Crippen LogP contribution in [0.3, 0.4) is 0 Å². The second-order valence-corrected chi connectivity index (χ2v) is 4.82. The molecule has 0 aliphatic rings. The van der Waals surface area contributed by atoms with Gasteiger partial charge in [0.25, 0.3) is 0 Å². The molecule has 5 nitrogen and oxygen atoms in total. The van der Waals surface area contributed by atoms with E-state index in [1.54, 1.807) is 17.0 Å². The molecule has 0 spiro atoms. The van der Waals surface area contributed by atoms with Crippen molar-refractivity contribution in [1.82, 2.24) is 9.55 Å². The fourth-order valence-electron chi connectivity index (χ4n) is 1.60. The summed E-state index contributed by atoms with van der Waals surface area (Å²) in [4.78, 5) is 5.41. The number of benzene rings is 1. The first-order valence-electron chi connectivity index (χ1n) is 5.41. The van der Waals surface area contributed by atoms with E-state index in [0.717, 1.165) is 6.20 Å². The molecule has 0 atom stereocenters. The highest BCUT2D eigenvalue weighted by Crippen LogP contribution is 2.42. The van der Waals surface area contributed by atoms with Gasteiger partial charge in [0.2, 0.25) is 0 Å². The third-order valence-electron chi connectivity index (χ3n) is 2.58. The quantitative estimate of drug-likeness (QED) is 0.254. The van der Waals surface area contributed by atoms with Gasteiger partial charge < -0.3 is 0 Å². The van der Waals surface area contributed by atoms with E-state index in [1.807, 2.05) is 5.11 Å². The number of azide groups is 1. The number of hydrogen-bond donors (Lipinski definition) is 0. The molecule has 2 aromatic rings. The molecule has 1 heterocycles. The maximum Gasteiger partial charge on any atom is 0.407 e. The first-order chi connectivity index (χ1) is 9.79. The first-order valence-corrected chi connectivity index (χ1v) is 6.20. The largest absolute Gasteiger partial charge is 0.407 e. The van der Waals surface area contributed by atoms with E-state index in [-0.39, 0.29) is 16.0 Å². The zero-order valence-electron chi connectivity index (χ0n) is 10.1. The van der Waals surface area contributed by atoms with Gasteiger partial charge in [-0.15, -0.1) is 0 Å². The fourth-order valence-corrected chi connectivity index (χ4v) is 1.87. The standard InChI is InChI=1S/C11H6BrF4N5/c12-8-3-1-7(2-4-8)9-18-5-6-21(9)11(15,16)10(13,14)19-20-17/h1-6H. The molecule has 0 saturated carbocycles. The highest BCUT2D eigenvalue weighted by atomic mass is 79.9. The summed E-state index contributed by atoms with van der Waals surface area (Å²) < 4.78 is 55.0. The number of nitrogens with zero attached hydrogens (tertiary/aromatic N) is 5. The topological polar surface area (TPSA) is 66.6 Å². The van der Waals surface area contributed by atoms with E-state index >= 15 is 0 Å². The molecule has 21 heavy (non-hydrogen) atoms. The van der Waals surface area contributed by atoms with Gasteiger partial charge in [0, 0.05) is 27.3 Å². The lowest BCUT2D eigenvalue weighted by atomic mass is 10.2. The summed E-state index contributed by atoms with van der Waals surface area (Å²) in [6.07, 6.45) is 1.65. The molecule has 0 N–H and O–H groups in total. The summed E-state index contributed by atoms with van der Waals surface area (Å²) >= 11 is 3.17. The number of imidazole rings is 1. The third kappa shape index (κ3) is 2.72. The van der Waals surface area contributed by atoms with Crippen molar-refractivity contribution >= 4 is 15.9 Å². The SMILES string of the molecule is [N-]=[N+]=NC(F)(F)C(F)(F)n1ccnc1-c1ccc(Br)cc1. The van der Waals surface area contributed by atoms with Crippen LogP contribution < -0.4 is 0 Å². The van der Waals surface area contributed by atoms with E-state index < -0.39 is 12.1 Å². The number of alkyl halides is 4. The van der Waals surface area contributed by atoms with Crippen LogP contribution >= 0.6 is 15.9 Å². The van der Waals surface area contributed by atoms with Gasteiger partial charge in [-0.25, -0.2) is 4.98 Å². The smallest absolute Gasteiger partial charge is 0.266 e. The molecule has 10 heteroatoms. The third-order valence-corrected chi connectivity index (χ3v) is 3.11. The van der Waals surface area contributed by atoms with E-state index in [0.29, 0.717) is 10.7 Å². The first kappa shape index (κ1) is 15.3. The molecule has 0 bridgehead atoms. The highest BCUT2D eigenvalue weighted by Gasteiger charge is 2.58. The maximum absolute atomic E-state index is 13.9. The van der Waals surface area contributed by atoms with Gasteiger partial charge >= 0.3 is 12.1 Å². The van der Waals surface area contributed by atoms with Crippen LogP contribution in [0.4, 0.5) is 17.6 Å². The predicted octanol–water partition coefficient (Wildman–Crippen LogP) is 4.77. The molecule has 2 rings (SSSR count). The number of aromatic nitrogens is 2. The second-order valence-electron chi connectivity index (χ2n) is 3.90. The minimum atomic E-state index is -4.92. The molecular weight excluding hydrogens is 358 g/mol. The molecule has 0 amide bonds. The summed E-state index contributed by atoms with van der Waals surface area (Å²) in [6.45, 7) is 0. The van der Waals surface area contributed by atoms with Crippen molar-refractivity contribution in [2.75, 3.05) is 0 Å². The van der Waals surface area contributed by atoms with Crippen LogP contribution in [0.2, 0.25) is 0 Å². The Morgan fingerprint density at radius 1 is 1.19 bits per heavy atom. The predicted molar refractivity (Wildman–Crippen MR) is 69.6 cm³/mol. The Morgan fingerprint density at radius 2 is 1.81 bits per heavy atom. The Bertz CT molecular complexity index is 691. The van der Waals surface area contributed by atoms with Crippen LogP contribution in [0.15, 0.2) is 46.2 Å². The van der Waals surface area contributed by atoms with Gasteiger partial charge in [-0.2, -0.15) is 17.6 Å². The van der Waals surface area contributed by atoms with Crippen molar-refractivity contribution in [1.29, 1.82) is 0 Å². The van der Waals surface area contributed by atoms with Gasteiger partial charge in [0.15, 0.2) is 0 Å². The lowest BCUT2D eigenvalue weighted by molar-refractivity contribution is -0.255. The van der Waals surface area contributed by atoms with Crippen LogP contribution in [0.25, 0.3) is 21.8 Å². The fraction of sp³-hybridized carbons (Fsp3) is 0.182. The van der Waals surface area contributed by atoms with Crippen molar-refractivity contribution < 1.29 is 17.6 Å². The molecule has 0 saturated heterocycles. The maximum atomic E-state index is 13.9. The average molecular weight is 364 g/mol. The summed E-state index contributed by atoms with van der Waals surface area (Å²) in [5.74, 6) is -0.375. The van der Waals surface area contributed by atoms with Crippen molar-refractivity contribution in [3.05, 3.63) is 51.6 Å². The van der Waals surface area contributed by atoms with Gasteiger partial charge in [0.05, 0.1) is 0 Å². The second kappa shape index (κ2) is 5.38. The zero-order chi connectivity index (χ0) is 15.7. The minimum absolute atomic E-state index is 0.0229. The van der Waals surface area contributed by atoms with E-state index in [4.69, 9.17) is 5.53 Å². The number of hydrogen-bond acceptors (Lipinski definition) is 2. The van der Waals surface area contributed by atoms with Gasteiger partial charge in [0.1, 0.15) is 5.82 Å². The van der Waals surface area contributed by atoms with Crippen LogP contribution in [-0.4, -0.2) is 15.6 Å². The monoisotopic (exact) mass is 363 g/mol. The van der Waals surface area contributed by atoms with Gasteiger partial charge in [-0.05, 0) is 22.8 Å².